The number of nitrogens with zero attached hydrogens (tertiary/aromatic N) is 1. The molecule has 4 bridgehead atoms. The van der Waals surface area contributed by atoms with E-state index < -0.39 is 0 Å². The van der Waals surface area contributed by atoms with Crippen LogP contribution >= 0.6 is 12.4 Å². The third-order valence-corrected chi connectivity index (χ3v) is 6.96. The molecular formula is C21H42ClN5. The van der Waals surface area contributed by atoms with Crippen LogP contribution in [-0.4, -0.2) is 37.7 Å². The molecule has 158 valence electrons. The maximum absolute atomic E-state index is 5.32. The van der Waals surface area contributed by atoms with E-state index in [1.54, 1.807) is 0 Å². The van der Waals surface area contributed by atoms with E-state index in [1.807, 2.05) is 0 Å². The van der Waals surface area contributed by atoms with E-state index >= 15 is 0 Å². The van der Waals surface area contributed by atoms with Crippen LogP contribution < -0.4 is 22.1 Å². The molecule has 2 atom stereocenters. The minimum absolute atomic E-state index is 0. The second-order valence-electron chi connectivity index (χ2n) is 10.3. The van der Waals surface area contributed by atoms with E-state index in [0.29, 0.717) is 16.4 Å². The Morgan fingerprint density at radius 1 is 0.889 bits per heavy atom. The van der Waals surface area contributed by atoms with Gasteiger partial charge in [-0.3, -0.25) is 4.99 Å². The number of guanidine groups is 1. The number of hydrogen-bond donors (Lipinski definition) is 4. The molecule has 4 fully saturated rings. The van der Waals surface area contributed by atoms with Crippen molar-refractivity contribution < 1.29 is 0 Å². The largest absolute Gasteiger partial charge is 0.370 e. The first kappa shape index (κ1) is 22.8. The summed E-state index contributed by atoms with van der Waals surface area (Å²) in [4.78, 5) is 4.01. The molecule has 4 aliphatic carbocycles. The van der Waals surface area contributed by atoms with Gasteiger partial charge in [0.15, 0.2) is 5.96 Å². The Kier molecular flexibility index (Phi) is 7.86. The minimum atomic E-state index is 0. The number of rotatable bonds is 11. The SMILES string of the molecule is CC12CC3CC(C)(C1)CC(NCCCCNCCCCN=C(N)N)(C3)C2.Cl. The first-order chi connectivity index (χ1) is 12.3. The highest BCUT2D eigenvalue weighted by Gasteiger charge is 2.59. The lowest BCUT2D eigenvalue weighted by atomic mass is 9.43. The molecule has 0 amide bonds. The Labute approximate surface area is 172 Å². The molecule has 4 rings (SSSR count). The Bertz CT molecular complexity index is 487. The summed E-state index contributed by atoms with van der Waals surface area (Å²) in [5.41, 5.74) is 12.3. The summed E-state index contributed by atoms with van der Waals surface area (Å²) in [5, 5.41) is 7.58. The first-order valence-electron chi connectivity index (χ1n) is 10.8. The standard InChI is InChI=1S/C21H41N5.ClH/c1-19-11-17-12-20(2,14-19)16-21(13-17,15-19)26-10-6-4-8-24-7-3-5-9-25-18(22)23;/h17,24,26H,3-16H2,1-2H3,(H4,22,23,25);1H. The van der Waals surface area contributed by atoms with Crippen LogP contribution in [0.5, 0.6) is 0 Å². The number of hydrogen-bond acceptors (Lipinski definition) is 3. The molecule has 6 N–H and O–H groups in total. The fourth-order valence-electron chi connectivity index (χ4n) is 7.07. The average molecular weight is 400 g/mol. The predicted molar refractivity (Wildman–Crippen MR) is 117 cm³/mol. The Morgan fingerprint density at radius 2 is 1.48 bits per heavy atom. The van der Waals surface area contributed by atoms with Crippen molar-refractivity contribution in [3.63, 3.8) is 0 Å². The maximum atomic E-state index is 5.32. The quantitative estimate of drug-likeness (QED) is 0.244. The van der Waals surface area contributed by atoms with Crippen LogP contribution in [0.1, 0.15) is 78.1 Å². The van der Waals surface area contributed by atoms with Crippen molar-refractivity contribution in [2.24, 2.45) is 33.2 Å². The van der Waals surface area contributed by atoms with Crippen molar-refractivity contribution in [3.05, 3.63) is 0 Å². The van der Waals surface area contributed by atoms with Crippen molar-refractivity contribution in [1.29, 1.82) is 0 Å². The molecule has 0 heterocycles. The average Bonchev–Trinajstić information content (AvgIpc) is 2.48. The van der Waals surface area contributed by atoms with Gasteiger partial charge in [0.1, 0.15) is 0 Å². The lowest BCUT2D eigenvalue weighted by Crippen LogP contribution is -2.64. The van der Waals surface area contributed by atoms with Gasteiger partial charge in [-0.1, -0.05) is 13.8 Å². The first-order valence-corrected chi connectivity index (χ1v) is 10.8. The van der Waals surface area contributed by atoms with Gasteiger partial charge < -0.3 is 22.1 Å². The number of nitrogens with one attached hydrogen (secondary N) is 2. The van der Waals surface area contributed by atoms with E-state index in [9.17, 15) is 0 Å². The molecule has 0 aromatic carbocycles. The molecule has 0 aromatic heterocycles. The van der Waals surface area contributed by atoms with Gasteiger partial charge in [-0.2, -0.15) is 0 Å². The van der Waals surface area contributed by atoms with E-state index in [1.165, 1.54) is 57.9 Å². The van der Waals surface area contributed by atoms with E-state index in [-0.39, 0.29) is 18.4 Å². The molecule has 2 unspecified atom stereocenters. The van der Waals surface area contributed by atoms with Crippen molar-refractivity contribution in [2.75, 3.05) is 26.2 Å². The van der Waals surface area contributed by atoms with Crippen LogP contribution in [0.2, 0.25) is 0 Å². The molecule has 4 aliphatic rings. The highest BCUT2D eigenvalue weighted by molar-refractivity contribution is 5.85. The molecule has 0 aliphatic heterocycles. The third kappa shape index (κ3) is 6.23. The summed E-state index contributed by atoms with van der Waals surface area (Å²) in [7, 11) is 0. The van der Waals surface area contributed by atoms with Crippen molar-refractivity contribution >= 4 is 18.4 Å². The predicted octanol–water partition coefficient (Wildman–Crippen LogP) is 3.17. The van der Waals surface area contributed by atoms with Gasteiger partial charge in [0.05, 0.1) is 0 Å². The van der Waals surface area contributed by atoms with E-state index in [4.69, 9.17) is 11.5 Å². The highest BCUT2D eigenvalue weighted by atomic mass is 35.5. The smallest absolute Gasteiger partial charge is 0.185 e. The second-order valence-corrected chi connectivity index (χ2v) is 10.3. The molecular weight excluding hydrogens is 358 g/mol. The van der Waals surface area contributed by atoms with Crippen LogP contribution in [0, 0.1) is 16.7 Å². The molecule has 4 saturated carbocycles. The van der Waals surface area contributed by atoms with Gasteiger partial charge in [0, 0.05) is 12.1 Å². The second kappa shape index (κ2) is 9.32. The number of unbranched alkanes of at least 4 members (excludes halogenated alkanes) is 2. The molecule has 0 aromatic rings. The van der Waals surface area contributed by atoms with Crippen LogP contribution in [0.3, 0.4) is 0 Å². The van der Waals surface area contributed by atoms with Gasteiger partial charge in [-0.25, -0.2) is 0 Å². The Hall–Kier alpha value is -0.520. The molecule has 5 nitrogen and oxygen atoms in total. The fourth-order valence-corrected chi connectivity index (χ4v) is 7.07. The summed E-state index contributed by atoms with van der Waals surface area (Å²) in [6.07, 6.45) is 13.4. The minimum Gasteiger partial charge on any atom is -0.370 e. The molecule has 0 saturated heterocycles. The lowest BCUT2D eigenvalue weighted by molar-refractivity contribution is -0.117. The topological polar surface area (TPSA) is 88.5 Å². The lowest BCUT2D eigenvalue weighted by Gasteiger charge is -2.65. The summed E-state index contributed by atoms with van der Waals surface area (Å²) in [6, 6.07) is 0. The van der Waals surface area contributed by atoms with Gasteiger partial charge >= 0.3 is 0 Å². The Morgan fingerprint density at radius 3 is 2.07 bits per heavy atom. The van der Waals surface area contributed by atoms with Crippen molar-refractivity contribution in [1.82, 2.24) is 10.6 Å². The normalized spacial score (nSPS) is 36.4. The zero-order chi connectivity index (χ0) is 18.7. The fraction of sp³-hybridized carbons (Fsp3) is 0.952. The third-order valence-electron chi connectivity index (χ3n) is 6.96. The van der Waals surface area contributed by atoms with Gasteiger partial charge in [0.25, 0.3) is 0 Å². The van der Waals surface area contributed by atoms with Crippen LogP contribution in [0.4, 0.5) is 0 Å². The highest BCUT2D eigenvalue weighted by Crippen LogP contribution is 2.66. The number of nitrogens with two attached hydrogens (primary N) is 2. The van der Waals surface area contributed by atoms with E-state index in [0.717, 1.165) is 38.4 Å². The molecule has 0 spiro atoms. The zero-order valence-electron chi connectivity index (χ0n) is 17.5. The summed E-state index contributed by atoms with van der Waals surface area (Å²) >= 11 is 0. The molecule has 27 heavy (non-hydrogen) atoms. The van der Waals surface area contributed by atoms with Crippen molar-refractivity contribution in [3.8, 4) is 0 Å². The summed E-state index contributed by atoms with van der Waals surface area (Å²) in [6.45, 7) is 9.23. The number of halogens is 1. The number of aliphatic imine (C=N–C) groups is 1. The van der Waals surface area contributed by atoms with Gasteiger partial charge in [0.2, 0.25) is 0 Å². The zero-order valence-corrected chi connectivity index (χ0v) is 18.3. The maximum Gasteiger partial charge on any atom is 0.185 e. The Balaban J connectivity index is 0.00000261. The van der Waals surface area contributed by atoms with Crippen molar-refractivity contribution in [2.45, 2.75) is 83.6 Å². The van der Waals surface area contributed by atoms with Crippen LogP contribution in [0.15, 0.2) is 4.99 Å². The monoisotopic (exact) mass is 399 g/mol. The van der Waals surface area contributed by atoms with Crippen LogP contribution in [0.25, 0.3) is 0 Å². The van der Waals surface area contributed by atoms with Crippen LogP contribution in [-0.2, 0) is 0 Å². The molecule has 6 heteroatoms. The summed E-state index contributed by atoms with van der Waals surface area (Å²) < 4.78 is 0. The van der Waals surface area contributed by atoms with Gasteiger partial charge in [-0.05, 0) is 101 Å². The van der Waals surface area contributed by atoms with Gasteiger partial charge in [-0.15, -0.1) is 12.4 Å². The molecule has 0 radical (unpaired) electrons. The summed E-state index contributed by atoms with van der Waals surface area (Å²) in [5.74, 6) is 1.18. The van der Waals surface area contributed by atoms with E-state index in [2.05, 4.69) is 29.5 Å².